The van der Waals surface area contributed by atoms with Gasteiger partial charge in [0.25, 0.3) is 0 Å². The van der Waals surface area contributed by atoms with Crippen LogP contribution in [0.25, 0.3) is 0 Å². The Morgan fingerprint density at radius 3 is 1.71 bits per heavy atom. The Labute approximate surface area is 160 Å². The SMILES string of the molecule is CCSc1nc(F)c(Cl)c(N(C)c2c(Cl)c(F)nc(F)c2Cl)c1Cl. The molecule has 11 heteroatoms. The van der Waals surface area contributed by atoms with Crippen molar-refractivity contribution in [3.63, 3.8) is 0 Å². The fourth-order valence-corrected chi connectivity index (χ4v) is 3.85. The van der Waals surface area contributed by atoms with E-state index in [4.69, 9.17) is 46.4 Å². The van der Waals surface area contributed by atoms with Gasteiger partial charge in [-0.05, 0) is 5.75 Å². The molecule has 0 aromatic carbocycles. The number of halogens is 7. The molecule has 0 bridgehead atoms. The summed E-state index contributed by atoms with van der Waals surface area (Å²) < 4.78 is 41.3. The van der Waals surface area contributed by atoms with Crippen molar-refractivity contribution in [1.29, 1.82) is 0 Å². The van der Waals surface area contributed by atoms with Crippen molar-refractivity contribution in [3.05, 3.63) is 37.9 Å². The third-order valence-corrected chi connectivity index (χ3v) is 5.24. The van der Waals surface area contributed by atoms with E-state index in [-0.39, 0.29) is 21.4 Å². The van der Waals surface area contributed by atoms with Crippen molar-refractivity contribution in [2.75, 3.05) is 17.7 Å². The second-order valence-corrected chi connectivity index (χ2v) is 7.11. The lowest BCUT2D eigenvalue weighted by molar-refractivity contribution is 0.513. The molecule has 2 rings (SSSR count). The molecule has 130 valence electrons. The molecule has 0 amide bonds. The predicted octanol–water partition coefficient (Wildman–Crippen LogP) is 6.39. The standard InChI is InChI=1S/C13H8Cl4F3N3S/c1-3-24-13-7(17)9(6(16)12(20)22-13)23(2)8-4(14)10(18)21-11(19)5(8)15/h3H2,1-2H3. The number of rotatable bonds is 4. The van der Waals surface area contributed by atoms with Crippen molar-refractivity contribution in [1.82, 2.24) is 9.97 Å². The number of aromatic nitrogens is 2. The molecule has 0 fully saturated rings. The molecule has 0 aliphatic heterocycles. The average Bonchev–Trinajstić information content (AvgIpc) is 2.51. The summed E-state index contributed by atoms with van der Waals surface area (Å²) in [6, 6.07) is 0. The minimum Gasteiger partial charge on any atom is -0.339 e. The van der Waals surface area contributed by atoms with Gasteiger partial charge in [0.05, 0.1) is 16.4 Å². The first kappa shape index (κ1) is 19.7. The van der Waals surface area contributed by atoms with E-state index in [0.717, 1.165) is 4.90 Å². The van der Waals surface area contributed by atoms with Crippen molar-refractivity contribution in [2.45, 2.75) is 11.9 Å². The van der Waals surface area contributed by atoms with Gasteiger partial charge in [-0.25, -0.2) is 4.98 Å². The van der Waals surface area contributed by atoms with E-state index in [1.165, 1.54) is 18.8 Å². The van der Waals surface area contributed by atoms with Gasteiger partial charge in [0.15, 0.2) is 0 Å². The summed E-state index contributed by atoms with van der Waals surface area (Å²) >= 11 is 25.0. The number of pyridine rings is 2. The number of anilines is 2. The number of thioether (sulfide) groups is 1. The van der Waals surface area contributed by atoms with Gasteiger partial charge < -0.3 is 4.90 Å². The average molecular weight is 437 g/mol. The first-order valence-corrected chi connectivity index (χ1v) is 8.81. The van der Waals surface area contributed by atoms with Crippen molar-refractivity contribution in [3.8, 4) is 0 Å². The Balaban J connectivity index is 2.74. The minimum absolute atomic E-state index is 0.000474. The molecule has 0 saturated heterocycles. The number of nitrogens with zero attached hydrogens (tertiary/aromatic N) is 3. The zero-order valence-corrected chi connectivity index (χ0v) is 15.9. The highest BCUT2D eigenvalue weighted by molar-refractivity contribution is 7.99. The van der Waals surface area contributed by atoms with E-state index in [1.54, 1.807) is 0 Å². The summed E-state index contributed by atoms with van der Waals surface area (Å²) in [7, 11) is 1.33. The van der Waals surface area contributed by atoms with Gasteiger partial charge in [0.2, 0.25) is 17.8 Å². The zero-order chi connectivity index (χ0) is 18.2. The maximum absolute atomic E-state index is 14.0. The molecule has 2 heterocycles. The van der Waals surface area contributed by atoms with Gasteiger partial charge in [-0.1, -0.05) is 53.3 Å². The quantitative estimate of drug-likeness (QED) is 0.410. The van der Waals surface area contributed by atoms with Gasteiger partial charge in [-0.15, -0.1) is 11.8 Å². The lowest BCUT2D eigenvalue weighted by Crippen LogP contribution is -2.15. The van der Waals surface area contributed by atoms with E-state index >= 15 is 0 Å². The Kier molecular flexibility index (Phi) is 6.36. The normalized spacial score (nSPS) is 11.0. The van der Waals surface area contributed by atoms with Crippen LogP contribution in [-0.4, -0.2) is 22.8 Å². The summed E-state index contributed by atoms with van der Waals surface area (Å²) in [4.78, 5) is 7.69. The molecular formula is C13H8Cl4F3N3S. The molecule has 0 atom stereocenters. The molecule has 24 heavy (non-hydrogen) atoms. The zero-order valence-electron chi connectivity index (χ0n) is 12.1. The van der Waals surface area contributed by atoms with Crippen molar-refractivity contribution < 1.29 is 13.2 Å². The van der Waals surface area contributed by atoms with E-state index in [1.807, 2.05) is 6.92 Å². The highest BCUT2D eigenvalue weighted by Crippen LogP contribution is 2.46. The Morgan fingerprint density at radius 2 is 1.25 bits per heavy atom. The number of hydrogen-bond donors (Lipinski definition) is 0. The summed E-state index contributed by atoms with van der Waals surface area (Å²) in [5.74, 6) is -2.96. The Hall–Kier alpha value is -0.600. The topological polar surface area (TPSA) is 29.0 Å². The largest absolute Gasteiger partial charge is 0.339 e. The van der Waals surface area contributed by atoms with Crippen LogP contribution >= 0.6 is 58.2 Å². The first-order chi connectivity index (χ1) is 11.2. The third kappa shape index (κ3) is 3.51. The lowest BCUT2D eigenvalue weighted by atomic mass is 10.3. The second kappa shape index (κ2) is 7.74. The summed E-state index contributed by atoms with van der Waals surface area (Å²) in [6.07, 6.45) is 0. The highest BCUT2D eigenvalue weighted by atomic mass is 35.5. The molecule has 0 radical (unpaired) electrons. The molecule has 0 spiro atoms. The highest BCUT2D eigenvalue weighted by Gasteiger charge is 2.27. The first-order valence-electron chi connectivity index (χ1n) is 6.31. The summed E-state index contributed by atoms with van der Waals surface area (Å²) in [5, 5.41) is -1.38. The summed E-state index contributed by atoms with van der Waals surface area (Å²) in [6.45, 7) is 1.82. The van der Waals surface area contributed by atoms with Crippen molar-refractivity contribution >= 4 is 69.5 Å². The number of hydrogen-bond acceptors (Lipinski definition) is 4. The van der Waals surface area contributed by atoms with Crippen LogP contribution in [-0.2, 0) is 0 Å². The van der Waals surface area contributed by atoms with Crippen molar-refractivity contribution in [2.24, 2.45) is 0 Å². The van der Waals surface area contributed by atoms with E-state index in [0.29, 0.717) is 5.75 Å². The van der Waals surface area contributed by atoms with Crippen LogP contribution in [0.2, 0.25) is 20.1 Å². The molecule has 2 aromatic heterocycles. The molecule has 3 nitrogen and oxygen atoms in total. The fraction of sp³-hybridized carbons (Fsp3) is 0.231. The fourth-order valence-electron chi connectivity index (χ4n) is 1.89. The van der Waals surface area contributed by atoms with Gasteiger partial charge in [-0.3, -0.25) is 0 Å². The molecule has 0 unspecified atom stereocenters. The Bertz CT molecular complexity index is 781. The van der Waals surface area contributed by atoms with Crippen LogP contribution in [0.15, 0.2) is 5.03 Å². The third-order valence-electron chi connectivity index (χ3n) is 2.91. The molecule has 0 saturated carbocycles. The smallest absolute Gasteiger partial charge is 0.236 e. The molecule has 0 aliphatic carbocycles. The molecule has 0 N–H and O–H groups in total. The monoisotopic (exact) mass is 435 g/mol. The molecule has 0 aliphatic rings. The van der Waals surface area contributed by atoms with Crippen LogP contribution in [0.4, 0.5) is 24.5 Å². The van der Waals surface area contributed by atoms with Crippen LogP contribution in [0.1, 0.15) is 6.92 Å². The molecular weight excluding hydrogens is 429 g/mol. The van der Waals surface area contributed by atoms with E-state index in [9.17, 15) is 13.2 Å². The van der Waals surface area contributed by atoms with Gasteiger partial charge in [0, 0.05) is 7.05 Å². The van der Waals surface area contributed by atoms with Gasteiger partial charge in [0.1, 0.15) is 20.1 Å². The second-order valence-electron chi connectivity index (χ2n) is 4.35. The van der Waals surface area contributed by atoms with Crippen LogP contribution in [0.3, 0.4) is 0 Å². The predicted molar refractivity (Wildman–Crippen MR) is 92.8 cm³/mol. The van der Waals surface area contributed by atoms with E-state index in [2.05, 4.69) is 9.97 Å². The van der Waals surface area contributed by atoms with E-state index < -0.39 is 32.9 Å². The summed E-state index contributed by atoms with van der Waals surface area (Å²) in [5.41, 5.74) is -0.360. The van der Waals surface area contributed by atoms with Gasteiger partial charge in [-0.2, -0.15) is 18.2 Å². The van der Waals surface area contributed by atoms with Crippen LogP contribution < -0.4 is 4.90 Å². The maximum atomic E-state index is 14.0. The van der Waals surface area contributed by atoms with Gasteiger partial charge >= 0.3 is 0 Å². The maximum Gasteiger partial charge on any atom is 0.236 e. The minimum atomic E-state index is -1.27. The molecule has 2 aromatic rings. The Morgan fingerprint density at radius 1 is 0.833 bits per heavy atom. The van der Waals surface area contributed by atoms with Crippen LogP contribution in [0.5, 0.6) is 0 Å². The lowest BCUT2D eigenvalue weighted by Gasteiger charge is -2.25. The van der Waals surface area contributed by atoms with Crippen LogP contribution in [0, 0.1) is 17.8 Å².